The molecule has 0 bridgehead atoms. The van der Waals surface area contributed by atoms with Crippen molar-refractivity contribution in [1.82, 2.24) is 10.6 Å². The number of nitrogens with one attached hydrogen (secondary N) is 2. The number of rotatable bonds is 4. The number of aliphatic hydroxyl groups is 1. The summed E-state index contributed by atoms with van der Waals surface area (Å²) in [5, 5.41) is 15.7. The van der Waals surface area contributed by atoms with Crippen LogP contribution < -0.4 is 10.6 Å². The normalized spacial score (nSPS) is 24.4. The van der Waals surface area contributed by atoms with Crippen molar-refractivity contribution in [3.63, 3.8) is 0 Å². The fourth-order valence-electron chi connectivity index (χ4n) is 1.91. The van der Waals surface area contributed by atoms with E-state index in [1.54, 1.807) is 6.92 Å². The first-order valence-electron chi connectivity index (χ1n) is 6.41. The number of carbonyl (C=O) groups is 1. The molecule has 3 atom stereocenters. The van der Waals surface area contributed by atoms with Crippen molar-refractivity contribution in [2.45, 2.75) is 31.9 Å². The molecule has 1 saturated carbocycles. The van der Waals surface area contributed by atoms with E-state index in [0.717, 1.165) is 6.42 Å². The minimum absolute atomic E-state index is 0.0750. The van der Waals surface area contributed by atoms with E-state index in [-0.39, 0.29) is 24.4 Å². The highest BCUT2D eigenvalue weighted by Gasteiger charge is 2.34. The number of urea groups is 1. The van der Waals surface area contributed by atoms with Gasteiger partial charge in [0.1, 0.15) is 11.4 Å². The van der Waals surface area contributed by atoms with Crippen LogP contribution in [0.25, 0.3) is 0 Å². The van der Waals surface area contributed by atoms with Crippen LogP contribution in [-0.4, -0.2) is 23.7 Å². The van der Waals surface area contributed by atoms with E-state index in [4.69, 9.17) is 0 Å². The molecule has 1 aliphatic rings. The van der Waals surface area contributed by atoms with E-state index >= 15 is 0 Å². The first-order valence-corrected chi connectivity index (χ1v) is 6.41. The Morgan fingerprint density at radius 3 is 2.58 bits per heavy atom. The van der Waals surface area contributed by atoms with Crippen LogP contribution in [0.2, 0.25) is 0 Å². The second kappa shape index (κ2) is 5.17. The highest BCUT2D eigenvalue weighted by Crippen LogP contribution is 2.28. The van der Waals surface area contributed by atoms with Gasteiger partial charge in [-0.2, -0.15) is 0 Å². The van der Waals surface area contributed by atoms with Gasteiger partial charge in [0.15, 0.2) is 0 Å². The van der Waals surface area contributed by atoms with Crippen molar-refractivity contribution >= 4 is 6.03 Å². The molecule has 2 rings (SSSR count). The van der Waals surface area contributed by atoms with Crippen molar-refractivity contribution in [2.75, 3.05) is 6.54 Å². The summed E-state index contributed by atoms with van der Waals surface area (Å²) in [6.07, 6.45) is 1.00. The predicted octanol–water partition coefficient (Wildman–Crippen LogP) is 1.74. The fourth-order valence-corrected chi connectivity index (χ4v) is 1.91. The molecule has 2 amide bonds. The minimum atomic E-state index is -1.22. The summed E-state index contributed by atoms with van der Waals surface area (Å²) < 4.78 is 12.8. The molecule has 104 valence electrons. The lowest BCUT2D eigenvalue weighted by Gasteiger charge is -2.24. The zero-order valence-corrected chi connectivity index (χ0v) is 11.1. The molecule has 3 unspecified atom stereocenters. The molecular weight excluding hydrogens is 247 g/mol. The van der Waals surface area contributed by atoms with Crippen molar-refractivity contribution in [3.05, 3.63) is 35.6 Å². The lowest BCUT2D eigenvalue weighted by Crippen LogP contribution is -2.44. The quantitative estimate of drug-likeness (QED) is 0.777. The molecule has 0 radical (unpaired) electrons. The second-order valence-corrected chi connectivity index (χ2v) is 5.43. The monoisotopic (exact) mass is 266 g/mol. The first kappa shape index (κ1) is 13.8. The lowest BCUT2D eigenvalue weighted by atomic mass is 9.96. The topological polar surface area (TPSA) is 61.4 Å². The molecule has 4 nitrogen and oxygen atoms in total. The summed E-state index contributed by atoms with van der Waals surface area (Å²) in [6, 6.07) is 5.56. The second-order valence-electron chi connectivity index (χ2n) is 5.43. The van der Waals surface area contributed by atoms with Crippen molar-refractivity contribution in [1.29, 1.82) is 0 Å². The Balaban J connectivity index is 1.86. The van der Waals surface area contributed by atoms with Gasteiger partial charge in [0, 0.05) is 6.04 Å². The van der Waals surface area contributed by atoms with Gasteiger partial charge in [0.05, 0.1) is 6.54 Å². The van der Waals surface area contributed by atoms with E-state index in [9.17, 15) is 14.3 Å². The highest BCUT2D eigenvalue weighted by atomic mass is 19.1. The number of benzene rings is 1. The standard InChI is InChI=1S/C14H19FN2O2/c1-9-7-12(9)17-13(18)16-8-14(2,19)10-3-5-11(15)6-4-10/h3-6,9,12,19H,7-8H2,1-2H3,(H2,16,17,18). The van der Waals surface area contributed by atoms with Gasteiger partial charge in [-0.25, -0.2) is 9.18 Å². The summed E-state index contributed by atoms with van der Waals surface area (Å²) in [4.78, 5) is 11.6. The van der Waals surface area contributed by atoms with E-state index in [2.05, 4.69) is 17.6 Å². The van der Waals surface area contributed by atoms with E-state index < -0.39 is 5.60 Å². The van der Waals surface area contributed by atoms with Gasteiger partial charge in [-0.15, -0.1) is 0 Å². The fraction of sp³-hybridized carbons (Fsp3) is 0.500. The Hall–Kier alpha value is -1.62. The zero-order valence-electron chi connectivity index (χ0n) is 11.1. The molecule has 0 spiro atoms. The van der Waals surface area contributed by atoms with Gasteiger partial charge >= 0.3 is 6.03 Å². The Kier molecular flexibility index (Phi) is 3.75. The van der Waals surface area contributed by atoms with Crippen LogP contribution in [0, 0.1) is 11.7 Å². The third-order valence-electron chi connectivity index (χ3n) is 3.49. The van der Waals surface area contributed by atoms with Crippen LogP contribution in [0.1, 0.15) is 25.8 Å². The molecule has 1 aromatic carbocycles. The molecule has 5 heteroatoms. The number of carbonyl (C=O) groups excluding carboxylic acids is 1. The van der Waals surface area contributed by atoms with E-state index in [1.807, 2.05) is 0 Å². The van der Waals surface area contributed by atoms with Gasteiger partial charge < -0.3 is 15.7 Å². The van der Waals surface area contributed by atoms with Crippen molar-refractivity contribution in [2.24, 2.45) is 5.92 Å². The SMILES string of the molecule is CC1CC1NC(=O)NCC(C)(O)c1ccc(F)cc1. The number of amides is 2. The largest absolute Gasteiger partial charge is 0.384 e. The summed E-state index contributed by atoms with van der Waals surface area (Å²) in [6.45, 7) is 3.73. The Morgan fingerprint density at radius 2 is 2.05 bits per heavy atom. The predicted molar refractivity (Wildman–Crippen MR) is 70.1 cm³/mol. The molecule has 1 fully saturated rings. The van der Waals surface area contributed by atoms with Crippen LogP contribution in [-0.2, 0) is 5.60 Å². The van der Waals surface area contributed by atoms with Gasteiger partial charge in [0.2, 0.25) is 0 Å². The summed E-state index contributed by atoms with van der Waals surface area (Å²) in [5.41, 5.74) is -0.658. The van der Waals surface area contributed by atoms with Crippen LogP contribution >= 0.6 is 0 Å². The van der Waals surface area contributed by atoms with Crippen LogP contribution in [0.5, 0.6) is 0 Å². The number of hydrogen-bond donors (Lipinski definition) is 3. The maximum absolute atomic E-state index is 12.8. The van der Waals surface area contributed by atoms with Crippen LogP contribution in [0.4, 0.5) is 9.18 Å². The molecule has 0 aliphatic heterocycles. The highest BCUT2D eigenvalue weighted by molar-refractivity contribution is 5.74. The van der Waals surface area contributed by atoms with Crippen molar-refractivity contribution in [3.8, 4) is 0 Å². The molecule has 0 heterocycles. The molecule has 0 saturated heterocycles. The van der Waals surface area contributed by atoms with E-state index in [1.165, 1.54) is 24.3 Å². The zero-order chi connectivity index (χ0) is 14.0. The summed E-state index contributed by atoms with van der Waals surface area (Å²) in [5.74, 6) is 0.177. The average molecular weight is 266 g/mol. The van der Waals surface area contributed by atoms with Crippen molar-refractivity contribution < 1.29 is 14.3 Å². The lowest BCUT2D eigenvalue weighted by molar-refractivity contribution is 0.0593. The third kappa shape index (κ3) is 3.67. The van der Waals surface area contributed by atoms with Crippen LogP contribution in [0.15, 0.2) is 24.3 Å². The smallest absolute Gasteiger partial charge is 0.315 e. The Morgan fingerprint density at radius 1 is 1.47 bits per heavy atom. The summed E-state index contributed by atoms with van der Waals surface area (Å²) >= 11 is 0. The van der Waals surface area contributed by atoms with Gasteiger partial charge in [0.25, 0.3) is 0 Å². The van der Waals surface area contributed by atoms with Gasteiger partial charge in [-0.3, -0.25) is 0 Å². The van der Waals surface area contributed by atoms with E-state index in [0.29, 0.717) is 11.5 Å². The molecule has 1 aliphatic carbocycles. The number of halogens is 1. The maximum atomic E-state index is 12.8. The summed E-state index contributed by atoms with van der Waals surface area (Å²) in [7, 11) is 0. The molecular formula is C14H19FN2O2. The van der Waals surface area contributed by atoms with Gasteiger partial charge in [-0.05, 0) is 37.0 Å². The average Bonchev–Trinajstić information content (AvgIpc) is 3.03. The Bertz CT molecular complexity index is 459. The Labute approximate surface area is 112 Å². The maximum Gasteiger partial charge on any atom is 0.315 e. The molecule has 0 aromatic heterocycles. The van der Waals surface area contributed by atoms with Crippen LogP contribution in [0.3, 0.4) is 0 Å². The molecule has 3 N–H and O–H groups in total. The number of hydrogen-bond acceptors (Lipinski definition) is 2. The minimum Gasteiger partial charge on any atom is -0.384 e. The third-order valence-corrected chi connectivity index (χ3v) is 3.49. The first-order chi connectivity index (χ1) is 8.88. The molecule has 1 aromatic rings. The molecule has 19 heavy (non-hydrogen) atoms. The van der Waals surface area contributed by atoms with Gasteiger partial charge in [-0.1, -0.05) is 19.1 Å².